The summed E-state index contributed by atoms with van der Waals surface area (Å²) < 4.78 is 6.04. The Morgan fingerprint density at radius 2 is 1.81 bits per heavy atom. The number of fused-ring (bicyclic) bond motifs is 2. The molecule has 0 atom stereocenters. The number of hydrogen-bond acceptors (Lipinski definition) is 3. The first-order valence-electron chi connectivity index (χ1n) is 11.1. The Labute approximate surface area is 189 Å². The number of ether oxygens (including phenoxy) is 1. The second-order valence-corrected chi connectivity index (χ2v) is 9.51. The van der Waals surface area contributed by atoms with E-state index >= 15 is 0 Å². The zero-order chi connectivity index (χ0) is 22.9. The van der Waals surface area contributed by atoms with E-state index in [-0.39, 0.29) is 11.8 Å². The minimum absolute atomic E-state index is 0.0600. The molecule has 0 saturated carbocycles. The van der Waals surface area contributed by atoms with E-state index in [1.54, 1.807) is 0 Å². The van der Waals surface area contributed by atoms with Gasteiger partial charge >= 0.3 is 0 Å². The van der Waals surface area contributed by atoms with Gasteiger partial charge in [0.05, 0.1) is 11.1 Å². The number of anilines is 2. The van der Waals surface area contributed by atoms with Gasteiger partial charge in [-0.1, -0.05) is 44.2 Å². The van der Waals surface area contributed by atoms with Gasteiger partial charge in [0.2, 0.25) is 5.91 Å². The minimum Gasteiger partial charge on any atom is -0.490 e. The molecule has 0 bridgehead atoms. The Morgan fingerprint density at radius 1 is 1.06 bits per heavy atom. The molecule has 0 spiro atoms. The molecule has 1 N–H and O–H groups in total. The molecule has 2 amide bonds. The molecule has 5 nitrogen and oxygen atoms in total. The van der Waals surface area contributed by atoms with E-state index in [4.69, 9.17) is 4.74 Å². The molecule has 3 aromatic carbocycles. The quantitative estimate of drug-likeness (QED) is 0.549. The van der Waals surface area contributed by atoms with Crippen molar-refractivity contribution in [2.45, 2.75) is 34.1 Å². The van der Waals surface area contributed by atoms with Gasteiger partial charge in [-0.05, 0) is 61.2 Å². The second-order valence-electron chi connectivity index (χ2n) is 9.51. The smallest absolute Gasteiger partial charge is 0.255 e. The summed E-state index contributed by atoms with van der Waals surface area (Å²) in [5, 5.41) is 5.08. The van der Waals surface area contributed by atoms with Crippen molar-refractivity contribution in [3.63, 3.8) is 0 Å². The SMILES string of the molecule is CC(C)CCN1C(=O)C(C)(C)COc2cc(NC(=O)c3ccc4ccccc4c3)ccc21. The van der Waals surface area contributed by atoms with Crippen LogP contribution in [0.25, 0.3) is 10.8 Å². The van der Waals surface area contributed by atoms with Gasteiger partial charge in [-0.2, -0.15) is 0 Å². The van der Waals surface area contributed by atoms with Crippen LogP contribution in [0.15, 0.2) is 60.7 Å². The highest BCUT2D eigenvalue weighted by atomic mass is 16.5. The molecule has 1 aliphatic heterocycles. The third-order valence-electron chi connectivity index (χ3n) is 5.86. The molecular weight excluding hydrogens is 400 g/mol. The largest absolute Gasteiger partial charge is 0.490 e. The molecule has 0 aromatic heterocycles. The molecule has 166 valence electrons. The Hall–Kier alpha value is -3.34. The van der Waals surface area contributed by atoms with E-state index in [1.165, 1.54) is 0 Å². The van der Waals surface area contributed by atoms with E-state index in [9.17, 15) is 9.59 Å². The van der Waals surface area contributed by atoms with Crippen molar-refractivity contribution in [3.05, 3.63) is 66.2 Å². The van der Waals surface area contributed by atoms with E-state index in [2.05, 4.69) is 19.2 Å². The predicted octanol–water partition coefficient (Wildman–Crippen LogP) is 5.89. The fourth-order valence-corrected chi connectivity index (χ4v) is 3.87. The summed E-state index contributed by atoms with van der Waals surface area (Å²) in [7, 11) is 0. The maximum atomic E-state index is 13.2. The van der Waals surface area contributed by atoms with Gasteiger partial charge in [-0.15, -0.1) is 0 Å². The summed E-state index contributed by atoms with van der Waals surface area (Å²) in [4.78, 5) is 27.9. The van der Waals surface area contributed by atoms with E-state index < -0.39 is 5.41 Å². The van der Waals surface area contributed by atoms with Crippen molar-refractivity contribution in [1.29, 1.82) is 0 Å². The lowest BCUT2D eigenvalue weighted by Gasteiger charge is -2.28. The molecule has 1 heterocycles. The van der Waals surface area contributed by atoms with Gasteiger partial charge in [0, 0.05) is 23.9 Å². The van der Waals surface area contributed by atoms with Crippen LogP contribution in [-0.2, 0) is 4.79 Å². The molecule has 0 aliphatic carbocycles. The lowest BCUT2D eigenvalue weighted by molar-refractivity contribution is -0.127. The number of benzene rings is 3. The minimum atomic E-state index is -0.621. The molecular formula is C27H30N2O3. The third-order valence-corrected chi connectivity index (χ3v) is 5.86. The zero-order valence-electron chi connectivity index (χ0n) is 19.1. The van der Waals surface area contributed by atoms with E-state index in [1.807, 2.05) is 79.4 Å². The van der Waals surface area contributed by atoms with Crippen molar-refractivity contribution in [3.8, 4) is 5.75 Å². The van der Waals surface area contributed by atoms with E-state index in [0.717, 1.165) is 22.9 Å². The molecule has 0 saturated heterocycles. The average Bonchev–Trinajstić information content (AvgIpc) is 2.86. The van der Waals surface area contributed by atoms with Crippen molar-refractivity contribution in [2.75, 3.05) is 23.4 Å². The van der Waals surface area contributed by atoms with Gasteiger partial charge in [0.15, 0.2) is 0 Å². The summed E-state index contributed by atoms with van der Waals surface area (Å²) in [5.41, 5.74) is 1.36. The second kappa shape index (κ2) is 8.65. The van der Waals surface area contributed by atoms with Gasteiger partial charge in [-0.25, -0.2) is 0 Å². The lowest BCUT2D eigenvalue weighted by Crippen LogP contribution is -2.42. The van der Waals surface area contributed by atoms with Gasteiger partial charge < -0.3 is 15.0 Å². The van der Waals surface area contributed by atoms with Crippen molar-refractivity contribution in [2.24, 2.45) is 11.3 Å². The predicted molar refractivity (Wildman–Crippen MR) is 129 cm³/mol. The maximum Gasteiger partial charge on any atom is 0.255 e. The standard InChI is InChI=1S/C27H30N2O3/c1-18(2)13-14-29-23-12-11-22(16-24(23)32-17-27(3,4)26(29)31)28-25(30)21-10-9-19-7-5-6-8-20(19)15-21/h5-12,15-16,18H,13-14,17H2,1-4H3,(H,28,30). The molecule has 1 aliphatic rings. The number of carbonyl (C=O) groups is 2. The first-order valence-corrected chi connectivity index (χ1v) is 11.1. The number of nitrogens with zero attached hydrogens (tertiary/aromatic N) is 1. The van der Waals surface area contributed by atoms with Crippen LogP contribution in [0.5, 0.6) is 5.75 Å². The first kappa shape index (κ1) is 21.9. The van der Waals surface area contributed by atoms with Crippen LogP contribution in [0.3, 0.4) is 0 Å². The summed E-state index contributed by atoms with van der Waals surface area (Å²) in [6.07, 6.45) is 0.904. The van der Waals surface area contributed by atoms with Crippen molar-refractivity contribution < 1.29 is 14.3 Å². The van der Waals surface area contributed by atoms with Crippen LogP contribution >= 0.6 is 0 Å². The maximum absolute atomic E-state index is 13.2. The molecule has 0 unspecified atom stereocenters. The molecule has 32 heavy (non-hydrogen) atoms. The number of hydrogen-bond donors (Lipinski definition) is 1. The molecule has 0 fully saturated rings. The van der Waals surface area contributed by atoms with Gasteiger partial charge in [0.1, 0.15) is 12.4 Å². The Kier molecular flexibility index (Phi) is 5.92. The number of carbonyl (C=O) groups excluding carboxylic acids is 2. The molecule has 5 heteroatoms. The van der Waals surface area contributed by atoms with Gasteiger partial charge in [-0.3, -0.25) is 9.59 Å². The van der Waals surface area contributed by atoms with Crippen LogP contribution in [-0.4, -0.2) is 25.0 Å². The topological polar surface area (TPSA) is 58.6 Å². The fraction of sp³-hybridized carbons (Fsp3) is 0.333. The van der Waals surface area contributed by atoms with Gasteiger partial charge in [0.25, 0.3) is 5.91 Å². The van der Waals surface area contributed by atoms with Crippen LogP contribution in [0.1, 0.15) is 44.5 Å². The number of rotatable bonds is 5. The Bertz CT molecular complexity index is 1170. The molecule has 0 radical (unpaired) electrons. The van der Waals surface area contributed by atoms with Crippen LogP contribution in [0.4, 0.5) is 11.4 Å². The zero-order valence-corrected chi connectivity index (χ0v) is 19.1. The normalized spacial score (nSPS) is 15.3. The fourth-order valence-electron chi connectivity index (χ4n) is 3.87. The van der Waals surface area contributed by atoms with Crippen molar-refractivity contribution >= 4 is 34.0 Å². The van der Waals surface area contributed by atoms with E-state index in [0.29, 0.717) is 36.1 Å². The Morgan fingerprint density at radius 3 is 2.56 bits per heavy atom. The lowest BCUT2D eigenvalue weighted by atomic mass is 9.92. The first-order chi connectivity index (χ1) is 15.2. The van der Waals surface area contributed by atoms with Crippen molar-refractivity contribution in [1.82, 2.24) is 0 Å². The summed E-state index contributed by atoms with van der Waals surface area (Å²) in [5.74, 6) is 0.977. The monoisotopic (exact) mass is 430 g/mol. The number of nitrogens with one attached hydrogen (secondary N) is 1. The molecule has 3 aromatic rings. The highest BCUT2D eigenvalue weighted by Gasteiger charge is 2.37. The van der Waals surface area contributed by atoms with Crippen LogP contribution in [0, 0.1) is 11.3 Å². The summed E-state index contributed by atoms with van der Waals surface area (Å²) >= 11 is 0. The highest BCUT2D eigenvalue weighted by molar-refractivity contribution is 6.07. The highest BCUT2D eigenvalue weighted by Crippen LogP contribution is 2.38. The molecule has 4 rings (SSSR count). The van der Waals surface area contributed by atoms with Crippen LogP contribution in [0.2, 0.25) is 0 Å². The Balaban J connectivity index is 1.60. The average molecular weight is 431 g/mol. The van der Waals surface area contributed by atoms with Crippen LogP contribution < -0.4 is 15.0 Å². The summed E-state index contributed by atoms with van der Waals surface area (Å²) in [6, 6.07) is 19.1. The summed E-state index contributed by atoms with van der Waals surface area (Å²) in [6.45, 7) is 9.04. The third kappa shape index (κ3) is 4.47. The number of amides is 2.